The molecule has 0 atom stereocenters. The van der Waals surface area contributed by atoms with Gasteiger partial charge >= 0.3 is 0 Å². The lowest BCUT2D eigenvalue weighted by molar-refractivity contribution is 1.05. The molecular weight excluding hydrogens is 355 g/mol. The van der Waals surface area contributed by atoms with Crippen LogP contribution < -0.4 is 0 Å². The third-order valence-electron chi connectivity index (χ3n) is 3.61. The van der Waals surface area contributed by atoms with Gasteiger partial charge in [-0.25, -0.2) is 0 Å². The van der Waals surface area contributed by atoms with Crippen LogP contribution in [0.3, 0.4) is 0 Å². The van der Waals surface area contributed by atoms with E-state index in [0.29, 0.717) is 5.88 Å². The first-order valence-corrected chi connectivity index (χ1v) is 8.22. The largest absolute Gasteiger partial charge is 0.126 e. The molecule has 0 saturated carbocycles. The molecule has 3 heteroatoms. The van der Waals surface area contributed by atoms with E-state index in [4.69, 9.17) is 23.2 Å². The van der Waals surface area contributed by atoms with Gasteiger partial charge in [-0.15, -0.1) is 11.6 Å². The molecule has 0 radical (unpaired) electrons. The molecule has 0 N–H and O–H groups in total. The van der Waals surface area contributed by atoms with Gasteiger partial charge in [-0.3, -0.25) is 0 Å². The molecule has 2 aromatic carbocycles. The van der Waals surface area contributed by atoms with Crippen molar-refractivity contribution in [1.82, 2.24) is 0 Å². The van der Waals surface area contributed by atoms with Crippen molar-refractivity contribution in [2.75, 3.05) is 5.88 Å². The number of rotatable bonds is 3. The average molecular weight is 368 g/mol. The highest BCUT2D eigenvalue weighted by atomic mass is 79.9. The first kappa shape index (κ1) is 14.2. The monoisotopic (exact) mass is 366 g/mol. The summed E-state index contributed by atoms with van der Waals surface area (Å²) in [4.78, 5) is 0. The molecule has 102 valence electrons. The van der Waals surface area contributed by atoms with Gasteiger partial charge in [-0.05, 0) is 63.2 Å². The number of alkyl halides is 1. The fourth-order valence-corrected chi connectivity index (χ4v) is 3.37. The summed E-state index contributed by atoms with van der Waals surface area (Å²) in [6, 6.07) is 12.5. The van der Waals surface area contributed by atoms with E-state index in [2.05, 4.69) is 52.3 Å². The first-order chi connectivity index (χ1) is 9.69. The molecule has 0 spiro atoms. The van der Waals surface area contributed by atoms with Crippen molar-refractivity contribution in [3.8, 4) is 11.1 Å². The van der Waals surface area contributed by atoms with Crippen LogP contribution in [0, 0.1) is 0 Å². The summed E-state index contributed by atoms with van der Waals surface area (Å²) in [5, 5.41) is 0.736. The second-order valence-electron chi connectivity index (χ2n) is 4.93. The van der Waals surface area contributed by atoms with Crippen molar-refractivity contribution in [2.24, 2.45) is 0 Å². The maximum absolute atomic E-state index is 6.08. The minimum Gasteiger partial charge on any atom is -0.126 e. The van der Waals surface area contributed by atoms with Crippen molar-refractivity contribution in [2.45, 2.75) is 12.8 Å². The number of fused-ring (bicyclic) bond motifs is 1. The van der Waals surface area contributed by atoms with E-state index in [9.17, 15) is 0 Å². The van der Waals surface area contributed by atoms with E-state index in [1.165, 1.54) is 27.8 Å². The Morgan fingerprint density at radius 3 is 2.75 bits per heavy atom. The molecule has 0 amide bonds. The molecule has 3 rings (SSSR count). The highest BCUT2D eigenvalue weighted by Crippen LogP contribution is 2.37. The van der Waals surface area contributed by atoms with Gasteiger partial charge in [0.15, 0.2) is 0 Å². The van der Waals surface area contributed by atoms with Crippen molar-refractivity contribution >= 4 is 45.2 Å². The van der Waals surface area contributed by atoms with Gasteiger partial charge < -0.3 is 0 Å². The first-order valence-electron chi connectivity index (χ1n) is 6.52. The predicted molar refractivity (Wildman–Crippen MR) is 91.6 cm³/mol. The van der Waals surface area contributed by atoms with Crippen LogP contribution in [0.5, 0.6) is 0 Å². The Labute approximate surface area is 137 Å². The molecule has 1 aliphatic carbocycles. The van der Waals surface area contributed by atoms with E-state index >= 15 is 0 Å². The summed E-state index contributed by atoms with van der Waals surface area (Å²) < 4.78 is 0.928. The molecule has 0 saturated heterocycles. The zero-order valence-electron chi connectivity index (χ0n) is 10.8. The lowest BCUT2D eigenvalue weighted by atomic mass is 9.97. The molecule has 0 fully saturated rings. The molecule has 20 heavy (non-hydrogen) atoms. The standard InChI is InChI=1S/C17H13BrCl2/c18-16-10-13(4-5-17(16)20)14-3-1-2-12-8-11(6-7-19)9-15(12)14/h1-5,9-10H,6-8H2. The third kappa shape index (κ3) is 2.67. The Balaban J connectivity index is 2.08. The van der Waals surface area contributed by atoms with E-state index < -0.39 is 0 Å². The molecule has 0 unspecified atom stereocenters. The van der Waals surface area contributed by atoms with Crippen LogP contribution in [0.2, 0.25) is 5.02 Å². The van der Waals surface area contributed by atoms with Crippen molar-refractivity contribution in [3.63, 3.8) is 0 Å². The van der Waals surface area contributed by atoms with Crippen LogP contribution >= 0.6 is 39.1 Å². The topological polar surface area (TPSA) is 0 Å². The smallest absolute Gasteiger partial charge is 0.0548 e. The Kier molecular flexibility index (Phi) is 4.21. The molecule has 0 aromatic heterocycles. The summed E-state index contributed by atoms with van der Waals surface area (Å²) in [7, 11) is 0. The van der Waals surface area contributed by atoms with Crippen LogP contribution in [0.15, 0.2) is 46.4 Å². The zero-order valence-corrected chi connectivity index (χ0v) is 13.9. The Hall–Kier alpha value is -0.760. The molecule has 1 aliphatic rings. The van der Waals surface area contributed by atoms with Gasteiger partial charge in [0.05, 0.1) is 5.02 Å². The zero-order chi connectivity index (χ0) is 14.1. The predicted octanol–water partition coefficient (Wildman–Crippen LogP) is 6.34. The number of hydrogen-bond acceptors (Lipinski definition) is 0. The minimum absolute atomic E-state index is 0.682. The fraction of sp³-hybridized carbons (Fsp3) is 0.176. The number of allylic oxidation sites excluding steroid dienone is 1. The fourth-order valence-electron chi connectivity index (χ4n) is 2.63. The van der Waals surface area contributed by atoms with Gasteiger partial charge in [0, 0.05) is 10.4 Å². The normalized spacial score (nSPS) is 13.2. The van der Waals surface area contributed by atoms with Crippen LogP contribution in [-0.4, -0.2) is 5.88 Å². The van der Waals surface area contributed by atoms with Gasteiger partial charge in [0.1, 0.15) is 0 Å². The summed E-state index contributed by atoms with van der Waals surface area (Å²) in [5.41, 5.74) is 6.55. The minimum atomic E-state index is 0.682. The highest BCUT2D eigenvalue weighted by molar-refractivity contribution is 9.10. The van der Waals surface area contributed by atoms with Crippen LogP contribution in [0.1, 0.15) is 17.5 Å². The van der Waals surface area contributed by atoms with Crippen molar-refractivity contribution in [3.05, 3.63) is 62.6 Å². The summed E-state index contributed by atoms with van der Waals surface area (Å²) >= 11 is 15.4. The Morgan fingerprint density at radius 2 is 2.00 bits per heavy atom. The lowest BCUT2D eigenvalue weighted by Crippen LogP contribution is -1.88. The van der Waals surface area contributed by atoms with Crippen LogP contribution in [0.4, 0.5) is 0 Å². The van der Waals surface area contributed by atoms with E-state index in [1.54, 1.807) is 0 Å². The number of halogens is 3. The third-order valence-corrected chi connectivity index (χ3v) is 5.01. The van der Waals surface area contributed by atoms with Crippen LogP contribution in [0.25, 0.3) is 17.2 Å². The lowest BCUT2D eigenvalue weighted by Gasteiger charge is -2.09. The summed E-state index contributed by atoms with van der Waals surface area (Å²) in [6.07, 6.45) is 4.26. The summed E-state index contributed by atoms with van der Waals surface area (Å²) in [5.74, 6) is 0.682. The maximum atomic E-state index is 6.08. The molecule has 0 heterocycles. The van der Waals surface area contributed by atoms with Crippen molar-refractivity contribution < 1.29 is 0 Å². The molecule has 0 bridgehead atoms. The number of benzene rings is 2. The Bertz CT molecular complexity index is 689. The van der Waals surface area contributed by atoms with E-state index in [1.807, 2.05) is 6.07 Å². The summed E-state index contributed by atoms with van der Waals surface area (Å²) in [6.45, 7) is 0. The van der Waals surface area contributed by atoms with Crippen LogP contribution in [-0.2, 0) is 6.42 Å². The van der Waals surface area contributed by atoms with E-state index in [-0.39, 0.29) is 0 Å². The average Bonchev–Trinajstić information content (AvgIpc) is 2.84. The Morgan fingerprint density at radius 1 is 1.15 bits per heavy atom. The quantitative estimate of drug-likeness (QED) is 0.555. The second-order valence-corrected chi connectivity index (χ2v) is 6.57. The highest BCUT2D eigenvalue weighted by Gasteiger charge is 2.16. The molecule has 2 aromatic rings. The van der Waals surface area contributed by atoms with Gasteiger partial charge in [-0.2, -0.15) is 0 Å². The van der Waals surface area contributed by atoms with E-state index in [0.717, 1.165) is 22.3 Å². The second kappa shape index (κ2) is 5.93. The number of hydrogen-bond donors (Lipinski definition) is 0. The molecule has 0 aliphatic heterocycles. The van der Waals surface area contributed by atoms with Gasteiger partial charge in [-0.1, -0.05) is 47.5 Å². The van der Waals surface area contributed by atoms with Gasteiger partial charge in [0.2, 0.25) is 0 Å². The van der Waals surface area contributed by atoms with Gasteiger partial charge in [0.25, 0.3) is 0 Å². The van der Waals surface area contributed by atoms with Crippen molar-refractivity contribution in [1.29, 1.82) is 0 Å². The molecule has 0 nitrogen and oxygen atoms in total. The molecular formula is C17H13BrCl2. The SMILES string of the molecule is ClCCC1=Cc2c(cccc2-c2ccc(Cl)c(Br)c2)C1. The maximum Gasteiger partial charge on any atom is 0.0548 e.